The maximum absolute atomic E-state index is 11.5. The minimum absolute atomic E-state index is 0.0362. The van der Waals surface area contributed by atoms with E-state index in [2.05, 4.69) is 5.16 Å². The second-order valence-electron chi connectivity index (χ2n) is 3.39. The zero-order valence-electron chi connectivity index (χ0n) is 11.3. The molecule has 0 spiro atoms. The zero-order valence-corrected chi connectivity index (χ0v) is 12.9. The van der Waals surface area contributed by atoms with Crippen LogP contribution in [0.5, 0.6) is 0 Å². The summed E-state index contributed by atoms with van der Waals surface area (Å²) in [6, 6.07) is 0. The van der Waals surface area contributed by atoms with Gasteiger partial charge in [0.1, 0.15) is 5.04 Å². The fourth-order valence-electron chi connectivity index (χ4n) is 0.832. The summed E-state index contributed by atoms with van der Waals surface area (Å²) in [5.74, 6) is -0.0362. The number of hydrogen-bond donors (Lipinski definition) is 0. The Kier molecular flexibility index (Phi) is 8.65. The Bertz CT molecular complexity index is 323. The van der Waals surface area contributed by atoms with E-state index in [1.54, 1.807) is 14.0 Å². The van der Waals surface area contributed by atoms with Gasteiger partial charge in [-0.2, -0.15) is 0 Å². The van der Waals surface area contributed by atoms with E-state index in [0.29, 0.717) is 11.5 Å². The zero-order chi connectivity index (χ0) is 14.1. The molecule has 2 amide bonds. The number of rotatable bonds is 5. The molecule has 6 nitrogen and oxygen atoms in total. The first-order valence-electron chi connectivity index (χ1n) is 5.40. The lowest BCUT2D eigenvalue weighted by atomic mass is 10.3. The second kappa shape index (κ2) is 9.09. The van der Waals surface area contributed by atoms with Gasteiger partial charge in [0.05, 0.1) is 12.1 Å². The van der Waals surface area contributed by atoms with Gasteiger partial charge >= 0.3 is 6.09 Å². The van der Waals surface area contributed by atoms with E-state index in [0.717, 1.165) is 18.6 Å². The Morgan fingerprint density at radius 1 is 1.28 bits per heavy atom. The van der Waals surface area contributed by atoms with Gasteiger partial charge in [-0.05, 0) is 19.6 Å². The molecule has 0 aromatic rings. The van der Waals surface area contributed by atoms with Crippen molar-refractivity contribution >= 4 is 40.9 Å². The molecule has 0 bridgehead atoms. The molecular weight excluding hydrogens is 274 g/mol. The molecule has 0 atom stereocenters. The predicted octanol–water partition coefficient (Wildman–Crippen LogP) is 2.57. The van der Waals surface area contributed by atoms with Gasteiger partial charge in [-0.1, -0.05) is 12.1 Å². The average molecular weight is 293 g/mol. The van der Waals surface area contributed by atoms with Gasteiger partial charge in [-0.15, -0.1) is 11.8 Å². The minimum atomic E-state index is -0.621. The summed E-state index contributed by atoms with van der Waals surface area (Å²) in [5, 5.41) is 4.27. The highest BCUT2D eigenvalue weighted by molar-refractivity contribution is 8.13. The first-order valence-corrected chi connectivity index (χ1v) is 7.35. The van der Waals surface area contributed by atoms with Gasteiger partial charge in [0, 0.05) is 20.5 Å². The molecule has 0 heterocycles. The maximum atomic E-state index is 11.5. The third-order valence-corrected chi connectivity index (χ3v) is 3.37. The number of carbonyl (C=O) groups is 2. The Morgan fingerprint density at radius 2 is 1.89 bits per heavy atom. The van der Waals surface area contributed by atoms with Crippen LogP contribution in [0.25, 0.3) is 0 Å². The minimum Gasteiger partial charge on any atom is -0.296 e. The van der Waals surface area contributed by atoms with Crippen molar-refractivity contribution < 1.29 is 14.4 Å². The lowest BCUT2D eigenvalue weighted by molar-refractivity contribution is -0.125. The Balaban J connectivity index is 4.19. The van der Waals surface area contributed by atoms with Crippen LogP contribution in [0.4, 0.5) is 4.79 Å². The van der Waals surface area contributed by atoms with E-state index in [1.165, 1.54) is 27.4 Å². The largest absolute Gasteiger partial charge is 0.447 e. The molecular formula is C10H19N3O3S2. The molecule has 0 rings (SSSR count). The van der Waals surface area contributed by atoms with E-state index in [4.69, 9.17) is 4.84 Å². The number of oxime groups is 1. The molecule has 0 aromatic carbocycles. The molecule has 0 fully saturated rings. The number of carbonyl (C=O) groups excluding carboxylic acids is 2. The van der Waals surface area contributed by atoms with Crippen LogP contribution >= 0.6 is 23.9 Å². The van der Waals surface area contributed by atoms with Crippen LogP contribution in [0.2, 0.25) is 0 Å². The summed E-state index contributed by atoms with van der Waals surface area (Å²) in [5.41, 5.74) is 0. The van der Waals surface area contributed by atoms with E-state index >= 15 is 0 Å². The van der Waals surface area contributed by atoms with E-state index < -0.39 is 6.09 Å². The second-order valence-corrected chi connectivity index (χ2v) is 5.65. The van der Waals surface area contributed by atoms with E-state index in [1.807, 2.05) is 13.2 Å². The van der Waals surface area contributed by atoms with Gasteiger partial charge in [-0.3, -0.25) is 13.9 Å². The normalized spacial score (nSPS) is 11.1. The monoisotopic (exact) mass is 293 g/mol. The molecule has 0 aliphatic carbocycles. The third kappa shape index (κ3) is 6.75. The highest BCUT2D eigenvalue weighted by Gasteiger charge is 2.17. The van der Waals surface area contributed by atoms with E-state index in [9.17, 15) is 9.59 Å². The summed E-state index contributed by atoms with van der Waals surface area (Å²) in [7, 11) is 3.13. The average Bonchev–Trinajstić information content (AvgIpc) is 2.35. The molecule has 104 valence electrons. The molecule has 8 heteroatoms. The van der Waals surface area contributed by atoms with Crippen molar-refractivity contribution in [3.05, 3.63) is 0 Å². The number of thioether (sulfide) groups is 1. The number of nitrogens with zero attached hydrogens (tertiary/aromatic N) is 3. The van der Waals surface area contributed by atoms with Crippen LogP contribution < -0.4 is 0 Å². The fourth-order valence-corrected chi connectivity index (χ4v) is 1.59. The van der Waals surface area contributed by atoms with Crippen LogP contribution in [0.15, 0.2) is 5.16 Å². The van der Waals surface area contributed by atoms with Crippen LogP contribution in [-0.4, -0.2) is 46.0 Å². The molecule has 0 aliphatic heterocycles. The lowest BCUT2D eigenvalue weighted by Crippen LogP contribution is -2.28. The Morgan fingerprint density at radius 3 is 2.39 bits per heavy atom. The molecule has 0 N–H and O–H groups in total. The van der Waals surface area contributed by atoms with Crippen molar-refractivity contribution in [1.29, 1.82) is 0 Å². The van der Waals surface area contributed by atoms with Crippen molar-refractivity contribution in [1.82, 2.24) is 8.61 Å². The first kappa shape index (κ1) is 17.1. The summed E-state index contributed by atoms with van der Waals surface area (Å²) in [4.78, 5) is 27.7. The highest BCUT2D eigenvalue weighted by Crippen LogP contribution is 2.15. The van der Waals surface area contributed by atoms with Gasteiger partial charge in [0.15, 0.2) is 0 Å². The van der Waals surface area contributed by atoms with Crippen molar-refractivity contribution in [3.63, 3.8) is 0 Å². The number of hydrogen-bond acceptors (Lipinski definition) is 6. The maximum Gasteiger partial charge on any atom is 0.447 e. The molecule has 0 radical (unpaired) electrons. The summed E-state index contributed by atoms with van der Waals surface area (Å²) in [6.45, 7) is 3.66. The summed E-state index contributed by atoms with van der Waals surface area (Å²) >= 11 is 2.37. The molecule has 0 aromatic heterocycles. The molecule has 0 unspecified atom stereocenters. The van der Waals surface area contributed by atoms with E-state index in [-0.39, 0.29) is 5.91 Å². The van der Waals surface area contributed by atoms with Gasteiger partial charge < -0.3 is 0 Å². The van der Waals surface area contributed by atoms with Crippen molar-refractivity contribution in [2.45, 2.75) is 26.7 Å². The topological polar surface area (TPSA) is 62.2 Å². The number of amides is 2. The van der Waals surface area contributed by atoms with Crippen molar-refractivity contribution in [2.24, 2.45) is 5.16 Å². The summed E-state index contributed by atoms with van der Waals surface area (Å²) < 4.78 is 2.61. The SMILES string of the molecule is CCCC(=O)N(C)SN(C)C(=O)O/N=C(/C)SC. The molecule has 0 saturated heterocycles. The Labute approximate surface area is 116 Å². The predicted molar refractivity (Wildman–Crippen MR) is 76.1 cm³/mol. The standard InChI is InChI=1S/C10H19N3O3S2/c1-6-7-9(14)12(3)18-13(4)10(15)16-11-8(2)17-5/h6-7H2,1-5H3/b11-8-. The highest BCUT2D eigenvalue weighted by atomic mass is 32.2. The smallest absolute Gasteiger partial charge is 0.296 e. The quantitative estimate of drug-likeness (QED) is 0.256. The van der Waals surface area contributed by atoms with Crippen LogP contribution in [0.3, 0.4) is 0 Å². The van der Waals surface area contributed by atoms with Crippen LogP contribution in [-0.2, 0) is 9.63 Å². The first-order chi connectivity index (χ1) is 8.42. The van der Waals surface area contributed by atoms with Gasteiger partial charge in [0.25, 0.3) is 0 Å². The van der Waals surface area contributed by atoms with Crippen molar-refractivity contribution in [2.75, 3.05) is 20.4 Å². The molecule has 0 saturated carbocycles. The Hall–Kier alpha value is -0.890. The molecule has 0 aliphatic rings. The van der Waals surface area contributed by atoms with Crippen LogP contribution in [0.1, 0.15) is 26.7 Å². The lowest BCUT2D eigenvalue weighted by Gasteiger charge is -2.20. The summed E-state index contributed by atoms with van der Waals surface area (Å²) in [6.07, 6.45) is 2.44. The van der Waals surface area contributed by atoms with Crippen LogP contribution in [0, 0.1) is 0 Å². The molecule has 18 heavy (non-hydrogen) atoms. The van der Waals surface area contributed by atoms with Gasteiger partial charge in [0.2, 0.25) is 5.91 Å². The fraction of sp³-hybridized carbons (Fsp3) is 0.700. The third-order valence-electron chi connectivity index (χ3n) is 1.86. The van der Waals surface area contributed by atoms with Gasteiger partial charge in [-0.25, -0.2) is 9.10 Å². The van der Waals surface area contributed by atoms with Crippen molar-refractivity contribution in [3.8, 4) is 0 Å².